The number of rotatable bonds is 20. The third-order valence-electron chi connectivity index (χ3n) is 9.42. The molecule has 0 aromatic heterocycles. The number of hydrogen-bond acceptors (Lipinski definition) is 8. The predicted molar refractivity (Wildman–Crippen MR) is 207 cm³/mol. The molecule has 6 rings (SSSR count). The van der Waals surface area contributed by atoms with Crippen molar-refractivity contribution >= 4 is 18.1 Å². The van der Waals surface area contributed by atoms with Gasteiger partial charge in [-0.05, 0) is 78.6 Å². The van der Waals surface area contributed by atoms with Crippen molar-refractivity contribution in [3.63, 3.8) is 0 Å². The van der Waals surface area contributed by atoms with Gasteiger partial charge in [0.2, 0.25) is 0 Å². The molecule has 1 atom stereocenters. The molecule has 278 valence electrons. The number of ether oxygens (including phenoxy) is 5. The normalized spacial score (nSPS) is 15.7. The Balaban J connectivity index is 1.06. The molecular weight excluding hydrogens is 668 g/mol. The summed E-state index contributed by atoms with van der Waals surface area (Å²) in [7, 11) is 0. The molecule has 2 heterocycles. The zero-order chi connectivity index (χ0) is 36.7. The molecule has 0 N–H and O–H groups in total. The topological polar surface area (TPSA) is 81.7 Å². The highest BCUT2D eigenvalue weighted by Crippen LogP contribution is 2.56. The maximum absolute atomic E-state index is 13.1. The van der Waals surface area contributed by atoms with Gasteiger partial charge < -0.3 is 28.6 Å². The van der Waals surface area contributed by atoms with Gasteiger partial charge in [0.05, 0.1) is 24.3 Å². The Morgan fingerprint density at radius 3 is 1.79 bits per heavy atom. The maximum atomic E-state index is 13.1. The summed E-state index contributed by atoms with van der Waals surface area (Å²) in [6.45, 7) is 6.66. The number of hydrogen-bond donors (Lipinski definition) is 0. The summed E-state index contributed by atoms with van der Waals surface area (Å²) in [6, 6.07) is 26.7. The third kappa shape index (κ3) is 9.82. The molecular formula is C45H50O8. The highest BCUT2D eigenvalue weighted by atomic mass is 17.2. The fraction of sp³-hybridized carbons (Fsp3) is 0.356. The Labute approximate surface area is 313 Å². The molecule has 0 saturated carbocycles. The van der Waals surface area contributed by atoms with Crippen LogP contribution >= 0.6 is 0 Å². The number of fused-ring (bicyclic) bond motifs is 4. The van der Waals surface area contributed by atoms with Crippen LogP contribution in [0, 0.1) is 0 Å². The van der Waals surface area contributed by atoms with Gasteiger partial charge in [0.15, 0.2) is 5.75 Å². The molecule has 2 aliphatic rings. The van der Waals surface area contributed by atoms with Gasteiger partial charge >= 0.3 is 5.97 Å². The van der Waals surface area contributed by atoms with E-state index in [1.807, 2.05) is 91.0 Å². The van der Waals surface area contributed by atoms with Gasteiger partial charge in [0.25, 0.3) is 0 Å². The van der Waals surface area contributed by atoms with Crippen LogP contribution in [0.1, 0.15) is 87.5 Å². The summed E-state index contributed by atoms with van der Waals surface area (Å²) in [5.74, 6) is 3.41. The van der Waals surface area contributed by atoms with E-state index in [9.17, 15) is 4.79 Å². The lowest BCUT2D eigenvalue weighted by molar-refractivity contribution is -0.196. The molecule has 8 nitrogen and oxygen atoms in total. The van der Waals surface area contributed by atoms with E-state index in [2.05, 4.69) is 13.8 Å². The number of benzene rings is 4. The first-order valence-corrected chi connectivity index (χ1v) is 18.9. The fourth-order valence-electron chi connectivity index (χ4n) is 6.63. The molecule has 0 aliphatic carbocycles. The number of esters is 1. The van der Waals surface area contributed by atoms with Gasteiger partial charge in [0, 0.05) is 6.08 Å². The highest BCUT2D eigenvalue weighted by molar-refractivity contribution is 5.89. The average molecular weight is 719 g/mol. The molecule has 0 amide bonds. The summed E-state index contributed by atoms with van der Waals surface area (Å²) in [4.78, 5) is 24.7. The van der Waals surface area contributed by atoms with Gasteiger partial charge in [-0.2, -0.15) is 4.89 Å². The van der Waals surface area contributed by atoms with E-state index in [1.165, 1.54) is 44.6 Å². The van der Waals surface area contributed by atoms with Crippen molar-refractivity contribution in [3.05, 3.63) is 119 Å². The lowest BCUT2D eigenvalue weighted by Crippen LogP contribution is -2.32. The van der Waals surface area contributed by atoms with E-state index in [0.717, 1.165) is 53.2 Å². The smallest absolute Gasteiger partial charge is 0.336 e. The molecule has 53 heavy (non-hydrogen) atoms. The molecule has 0 bridgehead atoms. The molecule has 2 aliphatic heterocycles. The Morgan fingerprint density at radius 1 is 0.660 bits per heavy atom. The lowest BCUT2D eigenvalue weighted by atomic mass is 9.77. The average Bonchev–Trinajstić information content (AvgIpc) is 3.76. The number of unbranched alkanes of at least 4 members (excludes halogenated alkanes) is 6. The first kappa shape index (κ1) is 37.5. The fourth-order valence-corrected chi connectivity index (χ4v) is 6.63. The lowest BCUT2D eigenvalue weighted by Gasteiger charge is -2.23. The Hall–Kier alpha value is -5.21. The highest BCUT2D eigenvalue weighted by Gasteiger charge is 2.53. The molecule has 1 spiro atoms. The number of carbonyl (C=O) groups excluding carboxylic acids is 1. The van der Waals surface area contributed by atoms with Crippen molar-refractivity contribution in [2.75, 3.05) is 33.0 Å². The Bertz CT molecular complexity index is 1820. The SMILES string of the molecule is CCCCCCOc1ccc(C=CC(=O)Oc2cccc3c2C2(COc4cccc(OOC/C=C/c5ccc(OCCCCCC)cc5)c42)CO3)cc1. The van der Waals surface area contributed by atoms with Crippen LogP contribution in [0.15, 0.2) is 97.1 Å². The zero-order valence-corrected chi connectivity index (χ0v) is 30.9. The molecule has 4 aromatic carbocycles. The quantitative estimate of drug-likeness (QED) is 0.0223. The van der Waals surface area contributed by atoms with Crippen LogP contribution in [0.3, 0.4) is 0 Å². The van der Waals surface area contributed by atoms with Crippen LogP contribution in [-0.2, 0) is 15.1 Å². The molecule has 8 heteroatoms. The van der Waals surface area contributed by atoms with Crippen molar-refractivity contribution in [2.45, 2.75) is 70.6 Å². The van der Waals surface area contributed by atoms with Crippen molar-refractivity contribution < 1.29 is 38.3 Å². The van der Waals surface area contributed by atoms with Crippen molar-refractivity contribution in [1.82, 2.24) is 0 Å². The van der Waals surface area contributed by atoms with E-state index in [4.69, 9.17) is 33.5 Å². The Kier molecular flexibility index (Phi) is 13.5. The first-order chi connectivity index (χ1) is 26.1. The second kappa shape index (κ2) is 19.0. The zero-order valence-electron chi connectivity index (χ0n) is 30.9. The van der Waals surface area contributed by atoms with Crippen molar-refractivity contribution in [3.8, 4) is 34.5 Å². The summed E-state index contributed by atoms with van der Waals surface area (Å²) in [6.07, 6.45) is 16.4. The molecule has 0 fully saturated rings. The molecule has 1 unspecified atom stereocenters. The maximum Gasteiger partial charge on any atom is 0.336 e. The Morgan fingerprint density at radius 2 is 1.21 bits per heavy atom. The van der Waals surface area contributed by atoms with Gasteiger partial charge in [-0.25, -0.2) is 4.79 Å². The largest absolute Gasteiger partial charge is 0.494 e. The van der Waals surface area contributed by atoms with Gasteiger partial charge in [-0.15, -0.1) is 0 Å². The van der Waals surface area contributed by atoms with Crippen LogP contribution < -0.4 is 28.6 Å². The molecule has 0 saturated heterocycles. The van der Waals surface area contributed by atoms with Crippen LogP contribution in [0.25, 0.3) is 12.2 Å². The van der Waals surface area contributed by atoms with Crippen LogP contribution in [0.5, 0.6) is 34.5 Å². The van der Waals surface area contributed by atoms with E-state index in [0.29, 0.717) is 42.8 Å². The van der Waals surface area contributed by atoms with Crippen LogP contribution in [-0.4, -0.2) is 39.0 Å². The van der Waals surface area contributed by atoms with Gasteiger partial charge in [-0.3, -0.25) is 0 Å². The summed E-state index contributed by atoms with van der Waals surface area (Å²) in [5.41, 5.74) is 2.68. The summed E-state index contributed by atoms with van der Waals surface area (Å²) in [5, 5.41) is 0. The van der Waals surface area contributed by atoms with Crippen molar-refractivity contribution in [1.29, 1.82) is 0 Å². The second-order valence-corrected chi connectivity index (χ2v) is 13.4. The minimum Gasteiger partial charge on any atom is -0.494 e. The first-order valence-electron chi connectivity index (χ1n) is 18.9. The summed E-state index contributed by atoms with van der Waals surface area (Å²) < 4.78 is 30.0. The van der Waals surface area contributed by atoms with E-state index in [1.54, 1.807) is 12.1 Å². The van der Waals surface area contributed by atoms with Crippen LogP contribution in [0.2, 0.25) is 0 Å². The molecule has 0 radical (unpaired) electrons. The predicted octanol–water partition coefficient (Wildman–Crippen LogP) is 10.3. The molecule has 4 aromatic rings. The number of carbonyl (C=O) groups is 1. The standard InChI is InChI=1S/C45H50O8/c1-3-5-7-9-29-47-36-24-19-34(20-25-36)14-13-31-51-53-41-18-12-16-39-44(41)45(33-50-39)32-49-38-15-11-17-40(43(38)45)52-42(46)28-23-35-21-26-37(27-22-35)48-30-10-8-6-4-2/h11-28H,3-10,29-33H2,1-2H3/b14-13+,28-23?. The minimum absolute atomic E-state index is 0.226. The minimum atomic E-state index is -0.757. The van der Waals surface area contributed by atoms with Crippen molar-refractivity contribution in [2.24, 2.45) is 0 Å². The van der Waals surface area contributed by atoms with E-state index >= 15 is 0 Å². The monoisotopic (exact) mass is 718 g/mol. The second-order valence-electron chi connectivity index (χ2n) is 13.4. The van der Waals surface area contributed by atoms with E-state index in [-0.39, 0.29) is 6.61 Å². The third-order valence-corrected chi connectivity index (χ3v) is 9.42. The van der Waals surface area contributed by atoms with E-state index < -0.39 is 11.4 Å². The van der Waals surface area contributed by atoms with Gasteiger partial charge in [0.1, 0.15) is 54.0 Å². The summed E-state index contributed by atoms with van der Waals surface area (Å²) >= 11 is 0. The van der Waals surface area contributed by atoms with Gasteiger partial charge in [-0.1, -0.05) is 101 Å². The van der Waals surface area contributed by atoms with Crippen LogP contribution in [0.4, 0.5) is 0 Å².